The van der Waals surface area contributed by atoms with E-state index in [2.05, 4.69) is 25.4 Å². The second kappa shape index (κ2) is 9.71. The van der Waals surface area contributed by atoms with E-state index in [0.717, 1.165) is 58.8 Å². The summed E-state index contributed by atoms with van der Waals surface area (Å²) in [6, 6.07) is 14.0. The molecule has 1 atom stereocenters. The van der Waals surface area contributed by atoms with Gasteiger partial charge in [-0.3, -0.25) is 9.69 Å². The maximum absolute atomic E-state index is 13.0. The third kappa shape index (κ3) is 4.82. The molecule has 6 rings (SSSR count). The van der Waals surface area contributed by atoms with Crippen molar-refractivity contribution in [2.45, 2.75) is 52.0 Å². The third-order valence-corrected chi connectivity index (χ3v) is 6.69. The maximum atomic E-state index is 13.0. The molecule has 10 heteroatoms. The summed E-state index contributed by atoms with van der Waals surface area (Å²) in [5.74, 6) is 2.21. The number of aromatic amines is 1. The Hall–Kier alpha value is -3.76. The lowest BCUT2D eigenvalue weighted by molar-refractivity contribution is 0.0914. The van der Waals surface area contributed by atoms with Gasteiger partial charge in [-0.15, -0.1) is 5.10 Å². The fourth-order valence-electron chi connectivity index (χ4n) is 4.84. The number of aryl methyl sites for hydroxylation is 1. The lowest BCUT2D eigenvalue weighted by Crippen LogP contribution is -2.29. The van der Waals surface area contributed by atoms with Crippen LogP contribution in [0.1, 0.15) is 35.4 Å². The summed E-state index contributed by atoms with van der Waals surface area (Å²) < 4.78 is 18.6. The van der Waals surface area contributed by atoms with Gasteiger partial charge in [0.15, 0.2) is 17.3 Å². The Bertz CT molecular complexity index is 1440. The van der Waals surface area contributed by atoms with Crippen LogP contribution in [0.4, 0.5) is 0 Å². The minimum absolute atomic E-state index is 0.0947. The van der Waals surface area contributed by atoms with Crippen LogP contribution >= 0.6 is 0 Å². The molecule has 2 aromatic carbocycles. The van der Waals surface area contributed by atoms with Gasteiger partial charge in [0.05, 0.1) is 19.2 Å². The Labute approximate surface area is 207 Å². The van der Waals surface area contributed by atoms with Crippen molar-refractivity contribution in [2.75, 3.05) is 13.4 Å². The van der Waals surface area contributed by atoms with E-state index in [-0.39, 0.29) is 18.5 Å². The van der Waals surface area contributed by atoms with Gasteiger partial charge in [0.1, 0.15) is 0 Å². The number of nitrogens with zero attached hydrogens (tertiary/aromatic N) is 5. The second-order valence-electron chi connectivity index (χ2n) is 9.46. The predicted octanol–water partition coefficient (Wildman–Crippen LogP) is 2.93. The van der Waals surface area contributed by atoms with Crippen LogP contribution in [-0.2, 0) is 30.9 Å². The predicted molar refractivity (Wildman–Crippen MR) is 132 cm³/mol. The molecule has 0 amide bonds. The zero-order chi connectivity index (χ0) is 24.5. The molecule has 10 nitrogen and oxygen atoms in total. The first-order chi connectivity index (χ1) is 17.6. The molecular weight excluding hydrogens is 460 g/mol. The highest BCUT2D eigenvalue weighted by molar-refractivity contribution is 5.79. The summed E-state index contributed by atoms with van der Waals surface area (Å²) in [4.78, 5) is 18.2. The van der Waals surface area contributed by atoms with Crippen LogP contribution < -0.4 is 15.0 Å². The van der Waals surface area contributed by atoms with E-state index in [4.69, 9.17) is 14.2 Å². The minimum atomic E-state index is -0.0947. The molecule has 0 aliphatic carbocycles. The standard InChI is InChI=1S/C26H28N6O4/c1-17-4-6-19-11-20(26(33)27-22(19)9-17)13-31(12-18-5-7-23-24(10-18)36-16-35-23)15-25-28-29-30-32(25)14-21-3-2-8-34-21/h4-7,9-11,21H,2-3,8,12-16H2,1H3,(H,27,33). The highest BCUT2D eigenvalue weighted by atomic mass is 16.7. The fraction of sp³-hybridized carbons (Fsp3) is 0.385. The molecule has 2 aromatic heterocycles. The average molecular weight is 489 g/mol. The summed E-state index contributed by atoms with van der Waals surface area (Å²) >= 11 is 0. The number of rotatable bonds is 8. The summed E-state index contributed by atoms with van der Waals surface area (Å²) in [5, 5.41) is 13.4. The highest BCUT2D eigenvalue weighted by Crippen LogP contribution is 2.33. The first-order valence-electron chi connectivity index (χ1n) is 12.2. The van der Waals surface area contributed by atoms with E-state index in [1.807, 2.05) is 54.1 Å². The number of hydrogen-bond acceptors (Lipinski definition) is 8. The van der Waals surface area contributed by atoms with E-state index >= 15 is 0 Å². The zero-order valence-corrected chi connectivity index (χ0v) is 20.1. The molecule has 1 unspecified atom stereocenters. The van der Waals surface area contributed by atoms with Gasteiger partial charge in [-0.25, -0.2) is 4.68 Å². The Balaban J connectivity index is 1.29. The average Bonchev–Trinajstić information content (AvgIpc) is 3.63. The van der Waals surface area contributed by atoms with Gasteiger partial charge in [-0.05, 0) is 71.0 Å². The van der Waals surface area contributed by atoms with Crippen molar-refractivity contribution >= 4 is 10.9 Å². The van der Waals surface area contributed by atoms with Gasteiger partial charge in [-0.1, -0.05) is 18.2 Å². The van der Waals surface area contributed by atoms with Crippen LogP contribution in [0.5, 0.6) is 11.5 Å². The summed E-state index contributed by atoms with van der Waals surface area (Å²) in [6.45, 7) is 5.12. The zero-order valence-electron chi connectivity index (χ0n) is 20.1. The largest absolute Gasteiger partial charge is 0.454 e. The van der Waals surface area contributed by atoms with Crippen molar-refractivity contribution < 1.29 is 14.2 Å². The van der Waals surface area contributed by atoms with E-state index in [9.17, 15) is 4.79 Å². The van der Waals surface area contributed by atoms with Crippen molar-refractivity contribution in [3.05, 3.63) is 75.3 Å². The van der Waals surface area contributed by atoms with Gasteiger partial charge in [0, 0.05) is 30.8 Å². The van der Waals surface area contributed by atoms with Crippen LogP contribution in [-0.4, -0.2) is 49.6 Å². The van der Waals surface area contributed by atoms with Crippen LogP contribution in [0.25, 0.3) is 10.9 Å². The quantitative estimate of drug-likeness (QED) is 0.403. The summed E-state index contributed by atoms with van der Waals surface area (Å²) in [5.41, 5.74) is 3.58. The lowest BCUT2D eigenvalue weighted by Gasteiger charge is -2.22. The number of aromatic nitrogens is 5. The SMILES string of the molecule is Cc1ccc2cc(CN(Cc3ccc4c(c3)OCO4)Cc3nnnn3CC3CCCO3)c(=O)[nH]c2c1. The van der Waals surface area contributed by atoms with Crippen LogP contribution in [0, 0.1) is 6.92 Å². The summed E-state index contributed by atoms with van der Waals surface area (Å²) in [7, 11) is 0. The molecule has 1 N–H and O–H groups in total. The van der Waals surface area contributed by atoms with Crippen molar-refractivity contribution in [2.24, 2.45) is 0 Å². The van der Waals surface area contributed by atoms with Gasteiger partial charge in [0.2, 0.25) is 6.79 Å². The highest BCUT2D eigenvalue weighted by Gasteiger charge is 2.21. The van der Waals surface area contributed by atoms with Crippen molar-refractivity contribution in [1.29, 1.82) is 0 Å². The molecule has 0 saturated carbocycles. The van der Waals surface area contributed by atoms with Crippen molar-refractivity contribution in [3.63, 3.8) is 0 Å². The first kappa shape index (κ1) is 22.7. The molecule has 0 spiro atoms. The Morgan fingerprint density at radius 3 is 2.89 bits per heavy atom. The number of hydrogen-bond donors (Lipinski definition) is 1. The smallest absolute Gasteiger partial charge is 0.252 e. The lowest BCUT2D eigenvalue weighted by atomic mass is 10.1. The molecule has 4 aromatic rings. The van der Waals surface area contributed by atoms with E-state index < -0.39 is 0 Å². The molecular formula is C26H28N6O4. The Morgan fingerprint density at radius 1 is 1.08 bits per heavy atom. The molecule has 1 saturated heterocycles. The molecule has 0 bridgehead atoms. The molecule has 2 aliphatic rings. The molecule has 4 heterocycles. The third-order valence-electron chi connectivity index (χ3n) is 6.69. The number of nitrogens with one attached hydrogen (secondary N) is 1. The van der Waals surface area contributed by atoms with Gasteiger partial charge >= 0.3 is 0 Å². The van der Waals surface area contributed by atoms with Crippen molar-refractivity contribution in [1.82, 2.24) is 30.1 Å². The van der Waals surface area contributed by atoms with Gasteiger partial charge < -0.3 is 19.2 Å². The minimum Gasteiger partial charge on any atom is -0.454 e. The van der Waals surface area contributed by atoms with Gasteiger partial charge in [0.25, 0.3) is 5.56 Å². The summed E-state index contributed by atoms with van der Waals surface area (Å²) in [6.07, 6.45) is 2.19. The van der Waals surface area contributed by atoms with Crippen LogP contribution in [0.3, 0.4) is 0 Å². The maximum Gasteiger partial charge on any atom is 0.252 e. The van der Waals surface area contributed by atoms with Gasteiger partial charge in [-0.2, -0.15) is 0 Å². The number of ether oxygens (including phenoxy) is 3. The van der Waals surface area contributed by atoms with Crippen LogP contribution in [0.15, 0.2) is 47.3 Å². The van der Waals surface area contributed by atoms with Crippen LogP contribution in [0.2, 0.25) is 0 Å². The molecule has 186 valence electrons. The first-order valence-corrected chi connectivity index (χ1v) is 12.2. The Morgan fingerprint density at radius 2 is 2.00 bits per heavy atom. The number of H-pyrrole nitrogens is 1. The number of pyridine rings is 1. The molecule has 0 radical (unpaired) electrons. The molecule has 36 heavy (non-hydrogen) atoms. The van der Waals surface area contributed by atoms with E-state index in [0.29, 0.717) is 31.7 Å². The number of tetrazole rings is 1. The molecule has 1 fully saturated rings. The number of fused-ring (bicyclic) bond motifs is 2. The Kier molecular flexibility index (Phi) is 6.12. The number of benzene rings is 2. The second-order valence-corrected chi connectivity index (χ2v) is 9.46. The normalized spacial score (nSPS) is 16.9. The fourth-order valence-corrected chi connectivity index (χ4v) is 4.84. The molecule has 2 aliphatic heterocycles. The topological polar surface area (TPSA) is 107 Å². The monoisotopic (exact) mass is 488 g/mol. The van der Waals surface area contributed by atoms with E-state index in [1.54, 1.807) is 0 Å². The van der Waals surface area contributed by atoms with Crippen molar-refractivity contribution in [3.8, 4) is 11.5 Å². The van der Waals surface area contributed by atoms with E-state index in [1.165, 1.54) is 0 Å².